The Morgan fingerprint density at radius 2 is 2.11 bits per heavy atom. The summed E-state index contributed by atoms with van der Waals surface area (Å²) in [4.78, 5) is 2.44. The maximum absolute atomic E-state index is 13.2. The molecule has 1 fully saturated rings. The lowest BCUT2D eigenvalue weighted by atomic mass is 10.0. The lowest BCUT2D eigenvalue weighted by Crippen LogP contribution is -2.45. The molecule has 0 aromatic heterocycles. The van der Waals surface area contributed by atoms with E-state index in [1.807, 2.05) is 6.07 Å². The van der Waals surface area contributed by atoms with Gasteiger partial charge in [0.1, 0.15) is 11.6 Å². The molecule has 1 N–H and O–H groups in total. The summed E-state index contributed by atoms with van der Waals surface area (Å²) in [6.07, 6.45) is 1.00. The van der Waals surface area contributed by atoms with E-state index in [1.54, 1.807) is 7.11 Å². The Bertz CT molecular complexity index is 391. The second kappa shape index (κ2) is 6.16. The quantitative estimate of drug-likeness (QED) is 0.889. The summed E-state index contributed by atoms with van der Waals surface area (Å²) in [5.74, 6) is 0.408. The summed E-state index contributed by atoms with van der Waals surface area (Å²) in [5.41, 5.74) is 1.09. The smallest absolute Gasteiger partial charge is 0.126 e. The third-order valence-electron chi connectivity index (χ3n) is 3.53. The van der Waals surface area contributed by atoms with Gasteiger partial charge < -0.3 is 10.1 Å². The van der Waals surface area contributed by atoms with E-state index in [-0.39, 0.29) is 5.82 Å². The van der Waals surface area contributed by atoms with E-state index in [0.717, 1.165) is 38.2 Å². The molecule has 0 amide bonds. The molecule has 0 saturated carbocycles. The molecule has 0 radical (unpaired) electrons. The fourth-order valence-electron chi connectivity index (χ4n) is 2.63. The molecule has 1 saturated heterocycles. The van der Waals surface area contributed by atoms with Crippen LogP contribution in [0, 0.1) is 5.82 Å². The standard InChI is InChI=1S/C14H21FN2O/c1-3-13(17-8-6-16-7-9-17)12-5-4-11(15)10-14(12)18-2/h4-5,10,13,16H,3,6-9H2,1-2H3/t13-/m0/s1. The molecule has 0 aliphatic carbocycles. The summed E-state index contributed by atoms with van der Waals surface area (Å²) >= 11 is 0. The molecule has 4 heteroatoms. The van der Waals surface area contributed by atoms with Crippen LogP contribution in [0.15, 0.2) is 18.2 Å². The topological polar surface area (TPSA) is 24.5 Å². The van der Waals surface area contributed by atoms with Crippen LogP contribution in [0.2, 0.25) is 0 Å². The van der Waals surface area contributed by atoms with Gasteiger partial charge in [-0.3, -0.25) is 4.90 Å². The van der Waals surface area contributed by atoms with Crippen LogP contribution in [0.4, 0.5) is 4.39 Å². The Balaban J connectivity index is 2.25. The van der Waals surface area contributed by atoms with Crippen molar-refractivity contribution in [3.8, 4) is 5.75 Å². The maximum Gasteiger partial charge on any atom is 0.126 e. The van der Waals surface area contributed by atoms with E-state index in [1.165, 1.54) is 12.1 Å². The number of halogens is 1. The van der Waals surface area contributed by atoms with Crippen molar-refractivity contribution in [3.63, 3.8) is 0 Å². The van der Waals surface area contributed by atoms with Crippen molar-refractivity contribution in [2.75, 3.05) is 33.3 Å². The van der Waals surface area contributed by atoms with Crippen molar-refractivity contribution in [1.82, 2.24) is 10.2 Å². The van der Waals surface area contributed by atoms with Gasteiger partial charge in [0.05, 0.1) is 7.11 Å². The van der Waals surface area contributed by atoms with Gasteiger partial charge in [0.15, 0.2) is 0 Å². The van der Waals surface area contributed by atoms with Gasteiger partial charge in [-0.2, -0.15) is 0 Å². The SMILES string of the molecule is CC[C@@H](c1ccc(F)cc1OC)N1CCNCC1. The molecule has 3 nitrogen and oxygen atoms in total. The Morgan fingerprint density at radius 1 is 1.39 bits per heavy atom. The number of hydrogen-bond acceptors (Lipinski definition) is 3. The number of ether oxygens (including phenoxy) is 1. The van der Waals surface area contributed by atoms with Crippen LogP contribution in [-0.2, 0) is 0 Å². The van der Waals surface area contributed by atoms with Gasteiger partial charge in [-0.15, -0.1) is 0 Å². The van der Waals surface area contributed by atoms with Gasteiger partial charge >= 0.3 is 0 Å². The van der Waals surface area contributed by atoms with Crippen LogP contribution >= 0.6 is 0 Å². The number of benzene rings is 1. The molecule has 100 valence electrons. The van der Waals surface area contributed by atoms with Gasteiger partial charge in [-0.05, 0) is 12.5 Å². The van der Waals surface area contributed by atoms with Crippen LogP contribution in [0.1, 0.15) is 24.9 Å². The highest BCUT2D eigenvalue weighted by molar-refractivity contribution is 5.36. The second-order valence-electron chi connectivity index (χ2n) is 4.60. The van der Waals surface area contributed by atoms with Crippen molar-refractivity contribution in [2.45, 2.75) is 19.4 Å². The third kappa shape index (κ3) is 2.82. The third-order valence-corrected chi connectivity index (χ3v) is 3.53. The summed E-state index contributed by atoms with van der Waals surface area (Å²) in [5, 5.41) is 3.35. The number of nitrogens with zero attached hydrogens (tertiary/aromatic N) is 1. The lowest BCUT2D eigenvalue weighted by Gasteiger charge is -2.35. The first kappa shape index (κ1) is 13.3. The molecule has 1 heterocycles. The van der Waals surface area contributed by atoms with Gasteiger partial charge in [0.2, 0.25) is 0 Å². The maximum atomic E-state index is 13.2. The minimum atomic E-state index is -0.245. The monoisotopic (exact) mass is 252 g/mol. The van der Waals surface area contributed by atoms with E-state index in [0.29, 0.717) is 11.8 Å². The van der Waals surface area contributed by atoms with E-state index in [4.69, 9.17) is 4.74 Å². The molecular formula is C14H21FN2O. The van der Waals surface area contributed by atoms with E-state index in [2.05, 4.69) is 17.1 Å². The highest BCUT2D eigenvalue weighted by atomic mass is 19.1. The number of hydrogen-bond donors (Lipinski definition) is 1. The van der Waals surface area contributed by atoms with Crippen molar-refractivity contribution in [1.29, 1.82) is 0 Å². The number of rotatable bonds is 4. The molecule has 0 unspecified atom stereocenters. The average molecular weight is 252 g/mol. The van der Waals surface area contributed by atoms with Crippen LogP contribution in [-0.4, -0.2) is 38.2 Å². The molecule has 1 aromatic carbocycles. The zero-order chi connectivity index (χ0) is 13.0. The molecule has 1 aliphatic heterocycles. The Morgan fingerprint density at radius 3 is 2.72 bits per heavy atom. The second-order valence-corrected chi connectivity index (χ2v) is 4.60. The predicted octanol–water partition coefficient (Wildman–Crippen LogP) is 2.19. The lowest BCUT2D eigenvalue weighted by molar-refractivity contribution is 0.166. The number of methoxy groups -OCH3 is 1. The fourth-order valence-corrected chi connectivity index (χ4v) is 2.63. The molecule has 0 bridgehead atoms. The highest BCUT2D eigenvalue weighted by Gasteiger charge is 2.23. The van der Waals surface area contributed by atoms with Crippen molar-refractivity contribution >= 4 is 0 Å². The van der Waals surface area contributed by atoms with Gasteiger partial charge in [-0.1, -0.05) is 13.0 Å². The van der Waals surface area contributed by atoms with Crippen LogP contribution in [0.25, 0.3) is 0 Å². The molecule has 2 rings (SSSR count). The first-order valence-electron chi connectivity index (χ1n) is 6.54. The van der Waals surface area contributed by atoms with Crippen LogP contribution in [0.3, 0.4) is 0 Å². The summed E-state index contributed by atoms with van der Waals surface area (Å²) < 4.78 is 18.6. The summed E-state index contributed by atoms with van der Waals surface area (Å²) in [6, 6.07) is 5.15. The highest BCUT2D eigenvalue weighted by Crippen LogP contribution is 2.32. The van der Waals surface area contributed by atoms with Gasteiger partial charge in [-0.25, -0.2) is 4.39 Å². The molecule has 0 spiro atoms. The normalized spacial score (nSPS) is 18.6. The minimum absolute atomic E-state index is 0.245. The number of piperazine rings is 1. The number of nitrogens with one attached hydrogen (secondary N) is 1. The van der Waals surface area contributed by atoms with Gasteiger partial charge in [0.25, 0.3) is 0 Å². The van der Waals surface area contributed by atoms with Crippen molar-refractivity contribution < 1.29 is 9.13 Å². The zero-order valence-electron chi connectivity index (χ0n) is 11.1. The Kier molecular flexibility index (Phi) is 4.55. The summed E-state index contributed by atoms with van der Waals surface area (Å²) in [6.45, 7) is 6.24. The molecule has 18 heavy (non-hydrogen) atoms. The van der Waals surface area contributed by atoms with E-state index < -0.39 is 0 Å². The van der Waals surface area contributed by atoms with E-state index >= 15 is 0 Å². The average Bonchev–Trinajstić information content (AvgIpc) is 2.42. The molecule has 1 aromatic rings. The molecule has 1 atom stereocenters. The molecular weight excluding hydrogens is 231 g/mol. The van der Waals surface area contributed by atoms with Crippen LogP contribution in [0.5, 0.6) is 5.75 Å². The Hall–Kier alpha value is -1.13. The minimum Gasteiger partial charge on any atom is -0.496 e. The first-order valence-corrected chi connectivity index (χ1v) is 6.54. The first-order chi connectivity index (χ1) is 8.76. The largest absolute Gasteiger partial charge is 0.496 e. The predicted molar refractivity (Wildman–Crippen MR) is 70.4 cm³/mol. The van der Waals surface area contributed by atoms with Crippen molar-refractivity contribution in [3.05, 3.63) is 29.6 Å². The van der Waals surface area contributed by atoms with Gasteiger partial charge in [0, 0.05) is 43.9 Å². The van der Waals surface area contributed by atoms with Crippen LogP contribution < -0.4 is 10.1 Å². The Labute approximate surface area is 108 Å². The zero-order valence-corrected chi connectivity index (χ0v) is 11.1. The van der Waals surface area contributed by atoms with Crippen molar-refractivity contribution in [2.24, 2.45) is 0 Å². The fraction of sp³-hybridized carbons (Fsp3) is 0.571. The molecule has 1 aliphatic rings. The van der Waals surface area contributed by atoms with E-state index in [9.17, 15) is 4.39 Å². The summed E-state index contributed by atoms with van der Waals surface area (Å²) in [7, 11) is 1.60.